The third-order valence-corrected chi connectivity index (χ3v) is 1.73. The second kappa shape index (κ2) is 5.52. The van der Waals surface area contributed by atoms with Crippen molar-refractivity contribution in [3.8, 4) is 0 Å². The predicted molar refractivity (Wildman–Crippen MR) is 45.4 cm³/mol. The van der Waals surface area contributed by atoms with Gasteiger partial charge in [0.2, 0.25) is 0 Å². The van der Waals surface area contributed by atoms with Crippen molar-refractivity contribution in [2.75, 3.05) is 20.2 Å². The van der Waals surface area contributed by atoms with Crippen LogP contribution < -0.4 is 5.32 Å². The molecular weight excluding hydrogens is 142 g/mol. The highest BCUT2D eigenvalue weighted by Gasteiger charge is 2.23. The Kier molecular flexibility index (Phi) is 5.46. The molecule has 0 aliphatic heterocycles. The molecule has 0 aromatic heterocycles. The van der Waals surface area contributed by atoms with E-state index >= 15 is 0 Å². The first-order valence-corrected chi connectivity index (χ1v) is 4.19. The molecule has 0 radical (unpaired) electrons. The first-order valence-electron chi connectivity index (χ1n) is 4.19. The van der Waals surface area contributed by atoms with Crippen LogP contribution in [0.25, 0.3) is 0 Å². The van der Waals surface area contributed by atoms with Crippen molar-refractivity contribution in [1.82, 2.24) is 5.32 Å². The summed E-state index contributed by atoms with van der Waals surface area (Å²) in [5.41, 5.74) is 0. The standard InChI is InChI=1S/C8H19NO2/c1-4-8(10,11-5-2)6-7-9-3/h9-10H,4-7H2,1-3H3. The molecular formula is C8H19NO2. The summed E-state index contributed by atoms with van der Waals surface area (Å²) in [4.78, 5) is 0. The van der Waals surface area contributed by atoms with Crippen molar-refractivity contribution in [3.63, 3.8) is 0 Å². The van der Waals surface area contributed by atoms with Gasteiger partial charge in [-0.15, -0.1) is 0 Å². The lowest BCUT2D eigenvalue weighted by Crippen LogP contribution is -2.34. The topological polar surface area (TPSA) is 41.5 Å². The Morgan fingerprint density at radius 3 is 2.45 bits per heavy atom. The van der Waals surface area contributed by atoms with Gasteiger partial charge in [-0.2, -0.15) is 0 Å². The number of hydrogen-bond donors (Lipinski definition) is 2. The van der Waals surface area contributed by atoms with Gasteiger partial charge in [0.15, 0.2) is 5.79 Å². The van der Waals surface area contributed by atoms with E-state index in [1.54, 1.807) is 0 Å². The molecule has 0 rings (SSSR count). The zero-order valence-corrected chi connectivity index (χ0v) is 7.68. The van der Waals surface area contributed by atoms with E-state index in [1.807, 2.05) is 20.9 Å². The van der Waals surface area contributed by atoms with E-state index in [0.717, 1.165) is 6.54 Å². The van der Waals surface area contributed by atoms with Crippen LogP contribution >= 0.6 is 0 Å². The summed E-state index contributed by atoms with van der Waals surface area (Å²) in [5.74, 6) is -0.919. The summed E-state index contributed by atoms with van der Waals surface area (Å²) in [5, 5.41) is 12.7. The molecule has 11 heavy (non-hydrogen) atoms. The van der Waals surface area contributed by atoms with Crippen LogP contribution in [0.3, 0.4) is 0 Å². The van der Waals surface area contributed by atoms with Crippen molar-refractivity contribution in [2.45, 2.75) is 32.5 Å². The highest BCUT2D eigenvalue weighted by atomic mass is 16.6. The average molecular weight is 161 g/mol. The zero-order valence-electron chi connectivity index (χ0n) is 7.68. The van der Waals surface area contributed by atoms with Crippen molar-refractivity contribution in [1.29, 1.82) is 0 Å². The summed E-state index contributed by atoms with van der Waals surface area (Å²) in [6, 6.07) is 0. The van der Waals surface area contributed by atoms with E-state index in [2.05, 4.69) is 5.32 Å². The molecule has 68 valence electrons. The molecule has 0 saturated heterocycles. The van der Waals surface area contributed by atoms with Crippen molar-refractivity contribution >= 4 is 0 Å². The largest absolute Gasteiger partial charge is 0.365 e. The maximum absolute atomic E-state index is 9.69. The summed E-state index contributed by atoms with van der Waals surface area (Å²) < 4.78 is 5.20. The molecule has 0 fully saturated rings. The van der Waals surface area contributed by atoms with Crippen LogP contribution in [0.4, 0.5) is 0 Å². The van der Waals surface area contributed by atoms with Gasteiger partial charge in [0.1, 0.15) is 0 Å². The van der Waals surface area contributed by atoms with Crippen molar-refractivity contribution in [3.05, 3.63) is 0 Å². The summed E-state index contributed by atoms with van der Waals surface area (Å²) >= 11 is 0. The van der Waals surface area contributed by atoms with Crippen molar-refractivity contribution < 1.29 is 9.84 Å². The Bertz CT molecular complexity index is 98.1. The van der Waals surface area contributed by atoms with Crippen LogP contribution in [0, 0.1) is 0 Å². The van der Waals surface area contributed by atoms with E-state index in [9.17, 15) is 5.11 Å². The van der Waals surface area contributed by atoms with E-state index in [1.165, 1.54) is 0 Å². The summed E-state index contributed by atoms with van der Waals surface area (Å²) in [7, 11) is 1.86. The molecule has 0 aliphatic rings. The highest BCUT2D eigenvalue weighted by molar-refractivity contribution is 4.65. The maximum Gasteiger partial charge on any atom is 0.166 e. The van der Waals surface area contributed by atoms with Crippen molar-refractivity contribution in [2.24, 2.45) is 0 Å². The van der Waals surface area contributed by atoms with Crippen LogP contribution in [0.2, 0.25) is 0 Å². The average Bonchev–Trinajstić information content (AvgIpc) is 2.02. The molecule has 3 nitrogen and oxygen atoms in total. The minimum atomic E-state index is -0.919. The van der Waals surface area contributed by atoms with Gasteiger partial charge in [0.05, 0.1) is 0 Å². The van der Waals surface area contributed by atoms with Gasteiger partial charge in [-0.3, -0.25) is 0 Å². The fraction of sp³-hybridized carbons (Fsp3) is 1.00. The monoisotopic (exact) mass is 161 g/mol. The summed E-state index contributed by atoms with van der Waals surface area (Å²) in [6.45, 7) is 5.16. The Labute approximate surface area is 68.8 Å². The molecule has 0 amide bonds. The lowest BCUT2D eigenvalue weighted by atomic mass is 10.1. The number of rotatable bonds is 6. The lowest BCUT2D eigenvalue weighted by Gasteiger charge is -2.26. The molecule has 2 N–H and O–H groups in total. The van der Waals surface area contributed by atoms with Gasteiger partial charge >= 0.3 is 0 Å². The fourth-order valence-electron chi connectivity index (χ4n) is 0.940. The molecule has 3 heteroatoms. The Balaban J connectivity index is 3.68. The zero-order chi connectivity index (χ0) is 8.74. The van der Waals surface area contributed by atoms with Gasteiger partial charge < -0.3 is 15.2 Å². The predicted octanol–water partition coefficient (Wildman–Crippen LogP) is 0.731. The first-order chi connectivity index (χ1) is 5.18. The van der Waals surface area contributed by atoms with E-state index in [-0.39, 0.29) is 0 Å². The van der Waals surface area contributed by atoms with E-state index < -0.39 is 5.79 Å². The molecule has 0 saturated carbocycles. The summed E-state index contributed by atoms with van der Waals surface area (Å²) in [6.07, 6.45) is 1.29. The maximum atomic E-state index is 9.69. The van der Waals surface area contributed by atoms with Gasteiger partial charge in [-0.25, -0.2) is 0 Å². The smallest absolute Gasteiger partial charge is 0.166 e. The molecule has 0 aromatic rings. The molecule has 0 aliphatic carbocycles. The van der Waals surface area contributed by atoms with E-state index in [0.29, 0.717) is 19.4 Å². The normalized spacial score (nSPS) is 16.4. The Morgan fingerprint density at radius 2 is 2.09 bits per heavy atom. The molecule has 1 atom stereocenters. The second-order valence-corrected chi connectivity index (χ2v) is 2.59. The Morgan fingerprint density at radius 1 is 1.45 bits per heavy atom. The van der Waals surface area contributed by atoms with Crippen LogP contribution in [0.1, 0.15) is 26.7 Å². The molecule has 0 bridgehead atoms. The minimum Gasteiger partial charge on any atom is -0.365 e. The van der Waals surface area contributed by atoms with Gasteiger partial charge in [0, 0.05) is 13.0 Å². The lowest BCUT2D eigenvalue weighted by molar-refractivity contribution is -0.205. The highest BCUT2D eigenvalue weighted by Crippen LogP contribution is 2.15. The number of ether oxygens (including phenoxy) is 1. The number of hydrogen-bond acceptors (Lipinski definition) is 3. The van der Waals surface area contributed by atoms with Crippen LogP contribution in [-0.4, -0.2) is 31.1 Å². The van der Waals surface area contributed by atoms with E-state index in [4.69, 9.17) is 4.74 Å². The molecule has 1 unspecified atom stereocenters. The molecule has 0 spiro atoms. The quantitative estimate of drug-likeness (QED) is 0.564. The van der Waals surface area contributed by atoms with Gasteiger partial charge in [-0.05, 0) is 26.9 Å². The first kappa shape index (κ1) is 10.9. The number of nitrogens with one attached hydrogen (secondary N) is 1. The third kappa shape index (κ3) is 4.35. The fourth-order valence-corrected chi connectivity index (χ4v) is 0.940. The van der Waals surface area contributed by atoms with Crippen LogP contribution in [-0.2, 0) is 4.74 Å². The van der Waals surface area contributed by atoms with Crippen LogP contribution in [0.5, 0.6) is 0 Å². The number of aliphatic hydroxyl groups is 1. The van der Waals surface area contributed by atoms with Gasteiger partial charge in [-0.1, -0.05) is 6.92 Å². The molecule has 0 aromatic carbocycles. The second-order valence-electron chi connectivity index (χ2n) is 2.59. The SMILES string of the molecule is CCOC(O)(CC)CCNC. The Hall–Kier alpha value is -0.120. The van der Waals surface area contributed by atoms with Crippen LogP contribution in [0.15, 0.2) is 0 Å². The third-order valence-electron chi connectivity index (χ3n) is 1.73. The minimum absolute atomic E-state index is 0.564. The molecule has 0 heterocycles. The van der Waals surface area contributed by atoms with Gasteiger partial charge in [0.25, 0.3) is 0 Å².